The number of amides is 2. The Balaban J connectivity index is 1.13. The molecule has 1 aromatic carbocycles. The number of phenols is 2. The van der Waals surface area contributed by atoms with Crippen molar-refractivity contribution in [3.63, 3.8) is 0 Å². The molecular weight excluding hydrogens is 752 g/mol. The number of β-lactam (4-membered cyclic amide) rings is 1. The normalized spacial score (nSPS) is 26.9. The van der Waals surface area contributed by atoms with Crippen molar-refractivity contribution >= 4 is 75.1 Å². The number of piperidine rings is 3. The van der Waals surface area contributed by atoms with Gasteiger partial charge in [-0.15, -0.1) is 23.1 Å². The molecule has 19 heteroatoms. The van der Waals surface area contributed by atoms with E-state index in [-0.39, 0.29) is 49.9 Å². The number of Topliss-reactive ketones (excluding diaryl/α,β-unsaturated/α-hetero) is 1. The van der Waals surface area contributed by atoms with Crippen molar-refractivity contribution in [2.24, 2.45) is 16.5 Å². The molecular formula is C34H40ClN6O10S2+. The molecule has 2 bridgehead atoms. The van der Waals surface area contributed by atoms with Crippen LogP contribution in [0.25, 0.3) is 0 Å². The van der Waals surface area contributed by atoms with Gasteiger partial charge in [-0.05, 0) is 32.9 Å². The number of oxime groups is 1. The lowest BCUT2D eigenvalue weighted by Crippen LogP contribution is -2.66. The van der Waals surface area contributed by atoms with Gasteiger partial charge in [-0.3, -0.25) is 19.3 Å². The Labute approximate surface area is 317 Å². The van der Waals surface area contributed by atoms with Crippen LogP contribution in [0.1, 0.15) is 62.5 Å². The highest BCUT2D eigenvalue weighted by atomic mass is 35.5. The highest BCUT2D eigenvalue weighted by molar-refractivity contribution is 8.00. The van der Waals surface area contributed by atoms with Gasteiger partial charge in [-0.25, -0.2) is 14.6 Å². The monoisotopic (exact) mass is 791 g/mol. The SMILES string of the molecule is C[C@@H]1S[C@@H]2[C@H](CC(=O)/C(=N\OC(C)(C)C(=O)O)c3csc(N)n3)C(=O)N2C(C(=O)O)=C1C[N+]12CCC(CNC(=O)c3cc(O)c(O)c(Cl)c3)(CC1)CC2. The summed E-state index contributed by atoms with van der Waals surface area (Å²) in [5.41, 5.74) is 4.39. The number of anilines is 1. The van der Waals surface area contributed by atoms with Gasteiger partial charge < -0.3 is 40.8 Å². The predicted molar refractivity (Wildman–Crippen MR) is 194 cm³/mol. The van der Waals surface area contributed by atoms with Gasteiger partial charge in [-0.2, -0.15) is 0 Å². The number of phenolic OH excluding ortho intramolecular Hbond substituents is 2. The number of quaternary nitrogens is 1. The summed E-state index contributed by atoms with van der Waals surface area (Å²) in [5, 5.41) is 46.9. The van der Waals surface area contributed by atoms with Crippen molar-refractivity contribution in [1.82, 2.24) is 15.2 Å². The fraction of sp³-hybridized carbons (Fsp3) is 0.500. The van der Waals surface area contributed by atoms with Gasteiger partial charge >= 0.3 is 11.9 Å². The van der Waals surface area contributed by atoms with Crippen molar-refractivity contribution in [1.29, 1.82) is 0 Å². The number of nitrogens with two attached hydrogens (primary N) is 1. The number of thioether (sulfide) groups is 1. The summed E-state index contributed by atoms with van der Waals surface area (Å²) >= 11 is 8.40. The van der Waals surface area contributed by atoms with E-state index >= 15 is 0 Å². The van der Waals surface area contributed by atoms with Gasteiger partial charge in [0.25, 0.3) is 5.91 Å². The highest BCUT2D eigenvalue weighted by Crippen LogP contribution is 2.50. The van der Waals surface area contributed by atoms with E-state index in [1.54, 1.807) is 0 Å². The molecule has 5 aliphatic heterocycles. The van der Waals surface area contributed by atoms with Crippen LogP contribution in [-0.2, 0) is 24.0 Å². The third-order valence-corrected chi connectivity index (χ3v) is 13.3. The van der Waals surface area contributed by atoms with Crippen molar-refractivity contribution in [3.05, 3.63) is 45.1 Å². The molecule has 4 saturated heterocycles. The number of aromatic hydroxyl groups is 2. The first-order valence-corrected chi connectivity index (χ1v) is 19.1. The van der Waals surface area contributed by atoms with E-state index in [9.17, 15) is 44.4 Å². The van der Waals surface area contributed by atoms with Crippen LogP contribution >= 0.6 is 34.7 Å². The van der Waals surface area contributed by atoms with E-state index in [0.717, 1.165) is 56.3 Å². The Morgan fingerprint density at radius 1 is 1.17 bits per heavy atom. The molecule has 1 aromatic heterocycles. The van der Waals surface area contributed by atoms with Crippen LogP contribution in [-0.4, -0.2) is 119 Å². The number of nitrogens with one attached hydrogen (secondary N) is 1. The summed E-state index contributed by atoms with van der Waals surface area (Å²) in [6, 6.07) is 2.46. The second-order valence-corrected chi connectivity index (χ2v) is 17.4. The first-order chi connectivity index (χ1) is 24.9. The Morgan fingerprint density at radius 2 is 1.83 bits per heavy atom. The Morgan fingerprint density at radius 3 is 2.40 bits per heavy atom. The van der Waals surface area contributed by atoms with Crippen molar-refractivity contribution in [2.75, 3.05) is 38.5 Å². The van der Waals surface area contributed by atoms with Gasteiger partial charge in [0, 0.05) is 59.4 Å². The Hall–Kier alpha value is -4.39. The predicted octanol–water partition coefficient (Wildman–Crippen LogP) is 3.02. The minimum atomic E-state index is -1.76. The van der Waals surface area contributed by atoms with Gasteiger partial charge in [0.2, 0.25) is 11.5 Å². The Bertz CT molecular complexity index is 1920. The zero-order valence-electron chi connectivity index (χ0n) is 29.1. The first kappa shape index (κ1) is 38.3. The molecule has 2 aromatic rings. The number of nitrogens with zero attached hydrogens (tertiary/aromatic N) is 4. The summed E-state index contributed by atoms with van der Waals surface area (Å²) in [6.07, 6.45) is 2.06. The lowest BCUT2D eigenvalue weighted by molar-refractivity contribution is -0.941. The molecule has 0 radical (unpaired) electrons. The average Bonchev–Trinajstić information content (AvgIpc) is 3.55. The van der Waals surface area contributed by atoms with Gasteiger partial charge in [-0.1, -0.05) is 16.8 Å². The standard InChI is InChI=1S/C34H39ClN6O10S2/c1-16-19(13-41-7-4-34(5-8-41,6-9-41)15-37-27(45)17-10-20(35)26(44)23(43)11-17)25(30(47)48)40-28(46)18(29(40)53-16)12-22(42)24(21-14-52-32(36)38-21)39-51-33(2,3)31(49)50/h10-11,14,16,18,29H,4-9,12-13,15H2,1-3H3,(H6-,36,37,38,39,42,43,44,45,47,48,49,50)/p+1/t16-,18+,29+,34?,41?/m0/s1. The van der Waals surface area contributed by atoms with E-state index < -0.39 is 57.9 Å². The molecule has 7 N–H and O–H groups in total. The van der Waals surface area contributed by atoms with Crippen LogP contribution in [0.15, 0.2) is 33.9 Å². The number of halogens is 1. The highest BCUT2D eigenvalue weighted by Gasteiger charge is 2.57. The number of carboxylic acids is 2. The maximum Gasteiger partial charge on any atom is 0.352 e. The van der Waals surface area contributed by atoms with Gasteiger partial charge in [0.05, 0.1) is 35.9 Å². The van der Waals surface area contributed by atoms with E-state index in [1.165, 1.54) is 42.0 Å². The number of ketones is 1. The number of fused-ring (bicyclic) bond motifs is 4. The number of hydrogen-bond donors (Lipinski definition) is 6. The molecule has 3 atom stereocenters. The summed E-state index contributed by atoms with van der Waals surface area (Å²) < 4.78 is 0.659. The van der Waals surface area contributed by atoms with Crippen LogP contribution in [0.4, 0.5) is 5.13 Å². The zero-order chi connectivity index (χ0) is 38.6. The molecule has 7 rings (SSSR count). The summed E-state index contributed by atoms with van der Waals surface area (Å²) in [5.74, 6) is -5.90. The fourth-order valence-corrected chi connectivity index (χ4v) is 9.67. The number of benzene rings is 1. The van der Waals surface area contributed by atoms with E-state index in [1.807, 2.05) is 6.92 Å². The maximum atomic E-state index is 13.7. The fourth-order valence-electron chi connectivity index (χ4n) is 7.40. The molecule has 6 heterocycles. The molecule has 2 amide bonds. The second-order valence-electron chi connectivity index (χ2n) is 14.6. The molecule has 0 unspecified atom stereocenters. The number of rotatable bonds is 13. The third kappa shape index (κ3) is 7.28. The van der Waals surface area contributed by atoms with Crippen molar-refractivity contribution in [2.45, 2.75) is 62.7 Å². The largest absolute Gasteiger partial charge is 0.504 e. The van der Waals surface area contributed by atoms with Crippen LogP contribution in [0.2, 0.25) is 5.02 Å². The second kappa shape index (κ2) is 14.1. The summed E-state index contributed by atoms with van der Waals surface area (Å²) in [4.78, 5) is 75.1. The third-order valence-electron chi connectivity index (χ3n) is 10.8. The van der Waals surface area contributed by atoms with E-state index in [2.05, 4.69) is 15.5 Å². The smallest absolute Gasteiger partial charge is 0.352 e. The topological polar surface area (TPSA) is 242 Å². The van der Waals surface area contributed by atoms with Gasteiger partial charge in [0.1, 0.15) is 17.9 Å². The number of aliphatic carboxylic acids is 2. The van der Waals surface area contributed by atoms with Crippen LogP contribution < -0.4 is 11.1 Å². The summed E-state index contributed by atoms with van der Waals surface area (Å²) in [7, 11) is 0. The van der Waals surface area contributed by atoms with Gasteiger partial charge in [0.15, 0.2) is 28.1 Å². The maximum absolute atomic E-state index is 13.7. The number of carbonyl (C=O) groups is 5. The first-order valence-electron chi connectivity index (χ1n) is 16.9. The lowest BCUT2D eigenvalue weighted by Gasteiger charge is -2.56. The van der Waals surface area contributed by atoms with Crippen LogP contribution in [0.3, 0.4) is 0 Å². The molecule has 0 aliphatic carbocycles. The molecule has 284 valence electrons. The van der Waals surface area contributed by atoms with Crippen LogP contribution in [0.5, 0.6) is 11.5 Å². The molecule has 53 heavy (non-hydrogen) atoms. The Kier molecular flexibility index (Phi) is 10.2. The zero-order valence-corrected chi connectivity index (χ0v) is 31.5. The van der Waals surface area contributed by atoms with Crippen molar-refractivity contribution in [3.8, 4) is 11.5 Å². The van der Waals surface area contributed by atoms with Crippen LogP contribution in [0, 0.1) is 11.3 Å². The molecule has 0 saturated carbocycles. The number of carboxylic acid groups (broad SMARTS) is 2. The minimum absolute atomic E-state index is 0.0550. The molecule has 0 spiro atoms. The molecule has 4 fully saturated rings. The summed E-state index contributed by atoms with van der Waals surface area (Å²) in [6.45, 7) is 7.58. The lowest BCUT2D eigenvalue weighted by atomic mass is 9.70. The van der Waals surface area contributed by atoms with E-state index in [0.29, 0.717) is 23.1 Å². The number of nitrogen functional groups attached to an aromatic ring is 1. The van der Waals surface area contributed by atoms with E-state index in [4.69, 9.17) is 22.2 Å². The molecule has 16 nitrogen and oxygen atoms in total. The minimum Gasteiger partial charge on any atom is -0.504 e. The number of thiazole rings is 1. The number of carbonyl (C=O) groups excluding carboxylic acids is 3. The molecule has 5 aliphatic rings. The quantitative estimate of drug-likeness (QED) is 0.0563. The average molecular weight is 792 g/mol. The number of aromatic nitrogens is 1. The number of hydrogen-bond acceptors (Lipinski definition) is 13. The van der Waals surface area contributed by atoms with Crippen molar-refractivity contribution < 1.29 is 53.7 Å².